The Kier molecular flexibility index (Phi) is 8.85. The SMILES string of the molecule is CCCCCC(Oc1ccc(Cc2cc(C(=O)P(=O)(O)O)ccc2O)cc1)N1CCNCC1=O. The maximum atomic E-state index is 12.4. The fourth-order valence-corrected chi connectivity index (χ4v) is 4.34. The Morgan fingerprint density at radius 3 is 2.56 bits per heavy atom. The van der Waals surface area contributed by atoms with Crippen LogP contribution in [0.5, 0.6) is 11.5 Å². The molecule has 1 heterocycles. The predicted molar refractivity (Wildman–Crippen MR) is 127 cm³/mol. The van der Waals surface area contributed by atoms with E-state index in [2.05, 4.69) is 12.2 Å². The number of phenolic OH excluding ortho intramolecular Hbond substituents is 1. The lowest BCUT2D eigenvalue weighted by Gasteiger charge is -2.35. The lowest BCUT2D eigenvalue weighted by Crippen LogP contribution is -2.54. The maximum Gasteiger partial charge on any atom is 0.396 e. The number of hydrogen-bond donors (Lipinski definition) is 4. The average molecular weight is 490 g/mol. The molecule has 3 rings (SSSR count). The summed E-state index contributed by atoms with van der Waals surface area (Å²) < 4.78 is 17.5. The third-order valence-corrected chi connectivity index (χ3v) is 6.50. The van der Waals surface area contributed by atoms with Crippen molar-refractivity contribution >= 4 is 19.0 Å². The van der Waals surface area contributed by atoms with Crippen molar-refractivity contribution in [3.63, 3.8) is 0 Å². The van der Waals surface area contributed by atoms with Gasteiger partial charge in [0.15, 0.2) is 6.23 Å². The van der Waals surface area contributed by atoms with Crippen LogP contribution in [0, 0.1) is 0 Å². The van der Waals surface area contributed by atoms with E-state index in [0.717, 1.165) is 37.8 Å². The quantitative estimate of drug-likeness (QED) is 0.279. The summed E-state index contributed by atoms with van der Waals surface area (Å²) in [5.74, 6) is 0.562. The van der Waals surface area contributed by atoms with Crippen molar-refractivity contribution in [2.24, 2.45) is 0 Å². The van der Waals surface area contributed by atoms with Gasteiger partial charge in [0.05, 0.1) is 6.54 Å². The molecule has 1 fully saturated rings. The van der Waals surface area contributed by atoms with E-state index in [-0.39, 0.29) is 29.9 Å². The minimum Gasteiger partial charge on any atom is -0.508 e. The summed E-state index contributed by atoms with van der Waals surface area (Å²) in [6.45, 7) is 3.75. The van der Waals surface area contributed by atoms with Crippen molar-refractivity contribution in [3.05, 3.63) is 59.2 Å². The molecular formula is C24H31N2O7P. The van der Waals surface area contributed by atoms with E-state index in [1.54, 1.807) is 17.0 Å². The van der Waals surface area contributed by atoms with Crippen molar-refractivity contribution < 1.29 is 33.8 Å². The molecule has 0 bridgehead atoms. The number of rotatable bonds is 11. The van der Waals surface area contributed by atoms with Gasteiger partial charge in [-0.05, 0) is 47.9 Å². The van der Waals surface area contributed by atoms with Gasteiger partial charge in [-0.1, -0.05) is 31.9 Å². The second-order valence-electron chi connectivity index (χ2n) is 8.35. The summed E-state index contributed by atoms with van der Waals surface area (Å²) in [7, 11) is -4.91. The molecular weight excluding hydrogens is 459 g/mol. The number of ether oxygens (including phenoxy) is 1. The van der Waals surface area contributed by atoms with Gasteiger partial charge in [-0.25, -0.2) is 0 Å². The van der Waals surface area contributed by atoms with Gasteiger partial charge < -0.3 is 29.8 Å². The fraction of sp³-hybridized carbons (Fsp3) is 0.417. The Hall–Kier alpha value is -2.71. The van der Waals surface area contributed by atoms with Gasteiger partial charge >= 0.3 is 7.60 Å². The third kappa shape index (κ3) is 6.90. The number of aromatic hydroxyl groups is 1. The summed E-state index contributed by atoms with van der Waals surface area (Å²) in [5.41, 5.74) is -0.258. The van der Waals surface area contributed by atoms with E-state index >= 15 is 0 Å². The number of unbranched alkanes of at least 4 members (excludes halogenated alkanes) is 2. The minimum atomic E-state index is -4.91. The minimum absolute atomic E-state index is 0.0181. The van der Waals surface area contributed by atoms with E-state index in [1.807, 2.05) is 12.1 Å². The molecule has 1 unspecified atom stereocenters. The van der Waals surface area contributed by atoms with Crippen LogP contribution in [0.4, 0.5) is 0 Å². The van der Waals surface area contributed by atoms with Crippen molar-refractivity contribution in [3.8, 4) is 11.5 Å². The molecule has 1 amide bonds. The fourth-order valence-electron chi connectivity index (χ4n) is 3.86. The third-order valence-electron chi connectivity index (χ3n) is 5.71. The van der Waals surface area contributed by atoms with Crippen molar-refractivity contribution in [2.75, 3.05) is 19.6 Å². The van der Waals surface area contributed by atoms with Gasteiger partial charge in [-0.3, -0.25) is 14.2 Å². The van der Waals surface area contributed by atoms with Crippen LogP contribution in [-0.2, 0) is 15.8 Å². The largest absolute Gasteiger partial charge is 0.508 e. The molecule has 1 aliphatic rings. The number of amides is 1. The lowest BCUT2D eigenvalue weighted by molar-refractivity contribution is -0.141. The van der Waals surface area contributed by atoms with Crippen LogP contribution in [0.3, 0.4) is 0 Å². The molecule has 2 aromatic carbocycles. The predicted octanol–water partition coefficient (Wildman–Crippen LogP) is 3.02. The Morgan fingerprint density at radius 1 is 1.18 bits per heavy atom. The second kappa shape index (κ2) is 11.6. The highest BCUT2D eigenvalue weighted by molar-refractivity contribution is 7.70. The van der Waals surface area contributed by atoms with E-state index in [0.29, 0.717) is 24.4 Å². The molecule has 9 nitrogen and oxygen atoms in total. The van der Waals surface area contributed by atoms with Crippen LogP contribution in [-0.4, -0.2) is 57.1 Å². The first-order valence-electron chi connectivity index (χ1n) is 11.4. The average Bonchev–Trinajstić information content (AvgIpc) is 2.80. The molecule has 0 aliphatic carbocycles. The molecule has 184 valence electrons. The van der Waals surface area contributed by atoms with Crippen molar-refractivity contribution in [2.45, 2.75) is 45.3 Å². The van der Waals surface area contributed by atoms with Crippen molar-refractivity contribution in [1.29, 1.82) is 0 Å². The topological polar surface area (TPSA) is 136 Å². The van der Waals surface area contributed by atoms with Crippen LogP contribution >= 0.6 is 7.60 Å². The Balaban J connectivity index is 1.72. The highest BCUT2D eigenvalue weighted by Gasteiger charge is 2.28. The standard InChI is InChI=1S/C24H31N2O7P/c1-2-3-4-5-23(26-13-12-25-16-22(26)28)33-20-9-6-17(7-10-20)14-19-15-18(8-11-21(19)27)24(29)34(30,31)32/h6-11,15,23,25,27H,2-5,12-14,16H2,1H3,(H2,30,31,32). The Labute approximate surface area is 198 Å². The second-order valence-corrected chi connectivity index (χ2v) is 9.84. The molecule has 0 aromatic heterocycles. The molecule has 0 saturated carbocycles. The van der Waals surface area contributed by atoms with Gasteiger partial charge in [0, 0.05) is 31.5 Å². The summed E-state index contributed by atoms with van der Waals surface area (Å²) in [6, 6.07) is 10.9. The van der Waals surface area contributed by atoms with Gasteiger partial charge in [-0.2, -0.15) is 0 Å². The highest BCUT2D eigenvalue weighted by Crippen LogP contribution is 2.39. The molecule has 0 radical (unpaired) electrons. The van der Waals surface area contributed by atoms with E-state index in [4.69, 9.17) is 14.5 Å². The zero-order valence-corrected chi connectivity index (χ0v) is 20.0. The van der Waals surface area contributed by atoms with Crippen molar-refractivity contribution in [1.82, 2.24) is 10.2 Å². The number of carbonyl (C=O) groups excluding carboxylic acids is 2. The summed E-state index contributed by atoms with van der Waals surface area (Å²) in [5, 5.41) is 13.2. The number of hydrogen-bond acceptors (Lipinski definition) is 6. The zero-order chi connectivity index (χ0) is 24.7. The van der Waals surface area contributed by atoms with Gasteiger partial charge in [0.25, 0.3) is 5.52 Å². The maximum absolute atomic E-state index is 12.4. The van der Waals surface area contributed by atoms with Crippen LogP contribution in [0.1, 0.15) is 54.1 Å². The highest BCUT2D eigenvalue weighted by atomic mass is 31.2. The first kappa shape index (κ1) is 25.9. The van der Waals surface area contributed by atoms with E-state index in [9.17, 15) is 19.3 Å². The molecule has 1 aliphatic heterocycles. The van der Waals surface area contributed by atoms with E-state index in [1.165, 1.54) is 18.2 Å². The summed E-state index contributed by atoms with van der Waals surface area (Å²) >= 11 is 0. The number of nitrogens with one attached hydrogen (secondary N) is 1. The monoisotopic (exact) mass is 490 g/mol. The van der Waals surface area contributed by atoms with Crippen LogP contribution in [0.25, 0.3) is 0 Å². The number of benzene rings is 2. The Bertz CT molecular complexity index is 1050. The van der Waals surface area contributed by atoms with Crippen LogP contribution in [0.15, 0.2) is 42.5 Å². The smallest absolute Gasteiger partial charge is 0.396 e. The molecule has 2 aromatic rings. The number of phenols is 1. The number of nitrogens with zero attached hydrogens (tertiary/aromatic N) is 1. The van der Waals surface area contributed by atoms with Crippen LogP contribution in [0.2, 0.25) is 0 Å². The zero-order valence-electron chi connectivity index (χ0n) is 19.1. The van der Waals surface area contributed by atoms with Gasteiger partial charge in [0.2, 0.25) is 5.91 Å². The van der Waals surface area contributed by atoms with Gasteiger partial charge in [-0.15, -0.1) is 0 Å². The lowest BCUT2D eigenvalue weighted by atomic mass is 10.0. The normalized spacial score (nSPS) is 15.3. The van der Waals surface area contributed by atoms with Crippen LogP contribution < -0.4 is 10.1 Å². The number of carbonyl (C=O) groups is 2. The van der Waals surface area contributed by atoms with Gasteiger partial charge in [0.1, 0.15) is 11.5 Å². The molecule has 1 saturated heterocycles. The molecule has 0 spiro atoms. The Morgan fingerprint density at radius 2 is 1.91 bits per heavy atom. The first-order chi connectivity index (χ1) is 16.2. The van der Waals surface area contributed by atoms with E-state index < -0.39 is 13.1 Å². The first-order valence-corrected chi connectivity index (χ1v) is 13.0. The molecule has 1 atom stereocenters. The summed E-state index contributed by atoms with van der Waals surface area (Å²) in [6.07, 6.45) is 3.75. The number of piperazine rings is 1. The molecule has 34 heavy (non-hydrogen) atoms. The summed E-state index contributed by atoms with van der Waals surface area (Å²) in [4.78, 5) is 44.3. The molecule has 10 heteroatoms. The molecule has 4 N–H and O–H groups in total.